The molecule has 3 aromatic rings. The van der Waals surface area contributed by atoms with Crippen molar-refractivity contribution in [3.8, 4) is 11.5 Å². The van der Waals surface area contributed by atoms with Crippen LogP contribution in [0.4, 0.5) is 4.39 Å². The molecule has 0 bridgehead atoms. The Morgan fingerprint density at radius 1 is 0.966 bits per heavy atom. The standard InChI is InChI=1S/C22H18ClFN2O3/c1-26(13-18-19(23)3-2-4-20(18)24)22(28)15-7-11-17(12-8-15)29-16-9-5-14(6-10-16)21(25)27/h2-12H,13H2,1H3,(H2,25,27). The van der Waals surface area contributed by atoms with Gasteiger partial charge in [0.25, 0.3) is 5.91 Å². The minimum absolute atomic E-state index is 0.0504. The normalized spacial score (nSPS) is 10.4. The molecule has 0 spiro atoms. The predicted octanol–water partition coefficient (Wildman–Crippen LogP) is 4.64. The van der Waals surface area contributed by atoms with Crippen LogP contribution in [0.1, 0.15) is 26.3 Å². The van der Waals surface area contributed by atoms with Crippen molar-refractivity contribution in [2.75, 3.05) is 7.05 Å². The molecule has 2 amide bonds. The number of hydrogen-bond acceptors (Lipinski definition) is 3. The summed E-state index contributed by atoms with van der Waals surface area (Å²) in [5, 5.41) is 0.274. The molecular weight excluding hydrogens is 395 g/mol. The average Bonchev–Trinajstić information content (AvgIpc) is 2.71. The highest BCUT2D eigenvalue weighted by Gasteiger charge is 2.16. The average molecular weight is 413 g/mol. The number of carbonyl (C=O) groups is 2. The molecule has 0 fully saturated rings. The van der Waals surface area contributed by atoms with Gasteiger partial charge >= 0.3 is 0 Å². The molecule has 0 saturated carbocycles. The maximum absolute atomic E-state index is 13.9. The molecule has 5 nitrogen and oxygen atoms in total. The zero-order chi connectivity index (χ0) is 21.0. The van der Waals surface area contributed by atoms with E-state index in [0.717, 1.165) is 0 Å². The Morgan fingerprint density at radius 3 is 2.03 bits per heavy atom. The van der Waals surface area contributed by atoms with E-state index in [0.29, 0.717) is 22.6 Å². The zero-order valence-corrected chi connectivity index (χ0v) is 16.3. The van der Waals surface area contributed by atoms with Crippen molar-refractivity contribution < 1.29 is 18.7 Å². The van der Waals surface area contributed by atoms with Gasteiger partial charge in [0, 0.05) is 35.3 Å². The number of amides is 2. The maximum Gasteiger partial charge on any atom is 0.253 e. The molecule has 0 aliphatic heterocycles. The van der Waals surface area contributed by atoms with E-state index in [1.54, 1.807) is 61.6 Å². The van der Waals surface area contributed by atoms with E-state index in [4.69, 9.17) is 22.1 Å². The first-order valence-electron chi connectivity index (χ1n) is 8.71. The SMILES string of the molecule is CN(Cc1c(F)cccc1Cl)C(=O)c1ccc(Oc2ccc(C(N)=O)cc2)cc1. The van der Waals surface area contributed by atoms with Gasteiger partial charge in [-0.2, -0.15) is 0 Å². The molecule has 0 radical (unpaired) electrons. The van der Waals surface area contributed by atoms with Gasteiger partial charge in [0.2, 0.25) is 5.91 Å². The highest BCUT2D eigenvalue weighted by Crippen LogP contribution is 2.24. The van der Waals surface area contributed by atoms with Crippen molar-refractivity contribution in [3.63, 3.8) is 0 Å². The molecular formula is C22H18ClFN2O3. The van der Waals surface area contributed by atoms with Gasteiger partial charge in [-0.05, 0) is 60.7 Å². The van der Waals surface area contributed by atoms with Crippen LogP contribution in [0.15, 0.2) is 66.7 Å². The molecule has 0 aliphatic carbocycles. The zero-order valence-electron chi connectivity index (χ0n) is 15.6. The summed E-state index contributed by atoms with van der Waals surface area (Å²) in [6, 6.07) is 17.3. The third kappa shape index (κ3) is 4.92. The van der Waals surface area contributed by atoms with Gasteiger partial charge < -0.3 is 15.4 Å². The number of benzene rings is 3. The third-order valence-electron chi connectivity index (χ3n) is 4.28. The minimum atomic E-state index is -0.514. The number of carbonyl (C=O) groups excluding carboxylic acids is 2. The Balaban J connectivity index is 1.67. The molecule has 0 heterocycles. The molecule has 0 unspecified atom stereocenters. The quantitative estimate of drug-likeness (QED) is 0.640. The van der Waals surface area contributed by atoms with Crippen molar-refractivity contribution in [2.45, 2.75) is 6.54 Å². The van der Waals surface area contributed by atoms with Crippen molar-refractivity contribution in [2.24, 2.45) is 5.73 Å². The molecule has 148 valence electrons. The highest BCUT2D eigenvalue weighted by molar-refractivity contribution is 6.31. The molecule has 0 aliphatic rings. The van der Waals surface area contributed by atoms with E-state index >= 15 is 0 Å². The Bertz CT molecular complexity index is 1020. The first-order valence-corrected chi connectivity index (χ1v) is 9.09. The van der Waals surface area contributed by atoms with Crippen LogP contribution >= 0.6 is 11.6 Å². The van der Waals surface area contributed by atoms with E-state index in [1.165, 1.54) is 17.0 Å². The topological polar surface area (TPSA) is 72.6 Å². The molecule has 7 heteroatoms. The van der Waals surface area contributed by atoms with E-state index in [1.807, 2.05) is 0 Å². The lowest BCUT2D eigenvalue weighted by atomic mass is 10.1. The summed E-state index contributed by atoms with van der Waals surface area (Å²) in [6.45, 7) is 0.0504. The van der Waals surface area contributed by atoms with E-state index in [-0.39, 0.29) is 23.0 Å². The summed E-state index contributed by atoms with van der Waals surface area (Å²) in [5.41, 5.74) is 6.29. The Labute approximate surface area is 172 Å². The number of nitrogens with two attached hydrogens (primary N) is 1. The van der Waals surface area contributed by atoms with Crippen LogP contribution in [-0.4, -0.2) is 23.8 Å². The Morgan fingerprint density at radius 2 is 1.52 bits per heavy atom. The van der Waals surface area contributed by atoms with Gasteiger partial charge in [-0.3, -0.25) is 9.59 Å². The minimum Gasteiger partial charge on any atom is -0.457 e. The summed E-state index contributed by atoms with van der Waals surface area (Å²) in [5.74, 6) is -0.196. The number of ether oxygens (including phenoxy) is 1. The molecule has 3 rings (SSSR count). The van der Waals surface area contributed by atoms with Gasteiger partial charge in [-0.15, -0.1) is 0 Å². The first kappa shape index (κ1) is 20.4. The second-order valence-electron chi connectivity index (χ2n) is 6.38. The van der Waals surface area contributed by atoms with E-state index < -0.39 is 11.7 Å². The molecule has 3 aromatic carbocycles. The maximum atomic E-state index is 13.9. The van der Waals surface area contributed by atoms with Crippen molar-refractivity contribution in [1.82, 2.24) is 4.90 Å². The summed E-state index contributed by atoms with van der Waals surface area (Å²) < 4.78 is 19.6. The van der Waals surface area contributed by atoms with Crippen molar-refractivity contribution in [1.29, 1.82) is 0 Å². The Hall–Kier alpha value is -3.38. The predicted molar refractivity (Wildman–Crippen MR) is 109 cm³/mol. The van der Waals surface area contributed by atoms with Crippen molar-refractivity contribution >= 4 is 23.4 Å². The number of rotatable bonds is 6. The number of primary amides is 1. The Kier molecular flexibility index (Phi) is 6.14. The first-order chi connectivity index (χ1) is 13.8. The van der Waals surface area contributed by atoms with Gasteiger partial charge in [0.15, 0.2) is 0 Å². The van der Waals surface area contributed by atoms with Gasteiger partial charge in [0.1, 0.15) is 17.3 Å². The van der Waals surface area contributed by atoms with Gasteiger partial charge in [-0.25, -0.2) is 4.39 Å². The molecule has 0 aromatic heterocycles. The lowest BCUT2D eigenvalue weighted by Gasteiger charge is -2.18. The summed E-state index contributed by atoms with van der Waals surface area (Å²) >= 11 is 6.03. The van der Waals surface area contributed by atoms with Crippen LogP contribution in [0.3, 0.4) is 0 Å². The summed E-state index contributed by atoms with van der Waals surface area (Å²) in [6.07, 6.45) is 0. The van der Waals surface area contributed by atoms with Crippen LogP contribution in [-0.2, 0) is 6.54 Å². The van der Waals surface area contributed by atoms with Crippen LogP contribution in [0.2, 0.25) is 5.02 Å². The molecule has 2 N–H and O–H groups in total. The molecule has 0 atom stereocenters. The van der Waals surface area contributed by atoms with Gasteiger partial charge in [-0.1, -0.05) is 17.7 Å². The van der Waals surface area contributed by atoms with E-state index in [2.05, 4.69) is 0 Å². The summed E-state index contributed by atoms with van der Waals surface area (Å²) in [4.78, 5) is 25.1. The lowest BCUT2D eigenvalue weighted by Crippen LogP contribution is -2.26. The second kappa shape index (κ2) is 8.75. The monoisotopic (exact) mass is 412 g/mol. The third-order valence-corrected chi connectivity index (χ3v) is 4.63. The largest absolute Gasteiger partial charge is 0.457 e. The molecule has 29 heavy (non-hydrogen) atoms. The van der Waals surface area contributed by atoms with E-state index in [9.17, 15) is 14.0 Å². The van der Waals surface area contributed by atoms with Crippen LogP contribution in [0, 0.1) is 5.82 Å². The second-order valence-corrected chi connectivity index (χ2v) is 6.78. The van der Waals surface area contributed by atoms with Crippen LogP contribution < -0.4 is 10.5 Å². The molecule has 0 saturated heterocycles. The van der Waals surface area contributed by atoms with Crippen molar-refractivity contribution in [3.05, 3.63) is 94.3 Å². The number of hydrogen-bond donors (Lipinski definition) is 1. The summed E-state index contributed by atoms with van der Waals surface area (Å²) in [7, 11) is 1.58. The fourth-order valence-corrected chi connectivity index (χ4v) is 2.92. The highest BCUT2D eigenvalue weighted by atomic mass is 35.5. The van der Waals surface area contributed by atoms with Gasteiger partial charge in [0.05, 0.1) is 0 Å². The lowest BCUT2D eigenvalue weighted by molar-refractivity contribution is 0.0783. The fraction of sp³-hybridized carbons (Fsp3) is 0.0909. The number of halogens is 2. The van der Waals surface area contributed by atoms with Crippen LogP contribution in [0.25, 0.3) is 0 Å². The fourth-order valence-electron chi connectivity index (χ4n) is 2.70. The van der Waals surface area contributed by atoms with Crippen LogP contribution in [0.5, 0.6) is 11.5 Å². The smallest absolute Gasteiger partial charge is 0.253 e. The number of nitrogens with zero attached hydrogens (tertiary/aromatic N) is 1.